The number of carboxylic acid groups (broad SMARTS) is 1. The molecule has 104 valence electrons. The SMILES string of the molecule is COCc1ccccc1C(=O)NCCC(C)C(=O)O. The molecule has 0 spiro atoms. The highest BCUT2D eigenvalue weighted by Gasteiger charge is 2.13. The van der Waals surface area contributed by atoms with Gasteiger partial charge in [-0.2, -0.15) is 0 Å². The van der Waals surface area contributed by atoms with E-state index in [-0.39, 0.29) is 5.91 Å². The van der Waals surface area contributed by atoms with E-state index in [9.17, 15) is 9.59 Å². The van der Waals surface area contributed by atoms with Crippen molar-refractivity contribution < 1.29 is 19.4 Å². The second kappa shape index (κ2) is 7.53. The van der Waals surface area contributed by atoms with Gasteiger partial charge >= 0.3 is 5.97 Å². The number of carbonyl (C=O) groups is 2. The van der Waals surface area contributed by atoms with E-state index in [2.05, 4.69) is 5.32 Å². The Hall–Kier alpha value is -1.88. The maximum absolute atomic E-state index is 12.0. The number of rotatable bonds is 7. The van der Waals surface area contributed by atoms with Crippen LogP contribution < -0.4 is 5.32 Å². The lowest BCUT2D eigenvalue weighted by molar-refractivity contribution is -0.141. The third-order valence-electron chi connectivity index (χ3n) is 2.85. The normalized spacial score (nSPS) is 11.9. The van der Waals surface area contributed by atoms with E-state index in [0.717, 1.165) is 5.56 Å². The summed E-state index contributed by atoms with van der Waals surface area (Å²) in [6, 6.07) is 7.19. The average Bonchev–Trinajstić information content (AvgIpc) is 2.39. The fourth-order valence-electron chi connectivity index (χ4n) is 1.64. The highest BCUT2D eigenvalue weighted by atomic mass is 16.5. The van der Waals surface area contributed by atoms with Crippen molar-refractivity contribution >= 4 is 11.9 Å². The highest BCUT2D eigenvalue weighted by Crippen LogP contribution is 2.10. The predicted octanol–water partition coefficient (Wildman–Crippen LogP) is 1.67. The Morgan fingerprint density at radius 2 is 2.05 bits per heavy atom. The molecule has 1 unspecified atom stereocenters. The summed E-state index contributed by atoms with van der Waals surface area (Å²) in [4.78, 5) is 22.6. The van der Waals surface area contributed by atoms with Crippen LogP contribution in [-0.4, -0.2) is 30.6 Å². The molecule has 5 nitrogen and oxygen atoms in total. The standard InChI is InChI=1S/C14H19NO4/c1-10(14(17)18)7-8-15-13(16)12-6-4-3-5-11(12)9-19-2/h3-6,10H,7-9H2,1-2H3,(H,15,16)(H,17,18). The molecule has 0 saturated heterocycles. The van der Waals surface area contributed by atoms with E-state index < -0.39 is 11.9 Å². The maximum atomic E-state index is 12.0. The first-order valence-electron chi connectivity index (χ1n) is 6.14. The molecule has 2 N–H and O–H groups in total. The summed E-state index contributed by atoms with van der Waals surface area (Å²) >= 11 is 0. The van der Waals surface area contributed by atoms with Crippen LogP contribution in [0.15, 0.2) is 24.3 Å². The van der Waals surface area contributed by atoms with Crippen LogP contribution in [0.3, 0.4) is 0 Å². The molecule has 5 heteroatoms. The highest BCUT2D eigenvalue weighted by molar-refractivity contribution is 5.95. The minimum atomic E-state index is -0.853. The number of methoxy groups -OCH3 is 1. The van der Waals surface area contributed by atoms with E-state index >= 15 is 0 Å². The molecule has 1 amide bonds. The molecule has 1 aromatic carbocycles. The Balaban J connectivity index is 2.56. The van der Waals surface area contributed by atoms with Gasteiger partial charge in [0, 0.05) is 19.2 Å². The van der Waals surface area contributed by atoms with Crippen molar-refractivity contribution in [3.63, 3.8) is 0 Å². The van der Waals surface area contributed by atoms with Crippen molar-refractivity contribution in [1.82, 2.24) is 5.32 Å². The summed E-state index contributed by atoms with van der Waals surface area (Å²) in [6.45, 7) is 2.33. The van der Waals surface area contributed by atoms with Crippen molar-refractivity contribution in [1.29, 1.82) is 0 Å². The van der Waals surface area contributed by atoms with E-state index in [4.69, 9.17) is 9.84 Å². The zero-order valence-electron chi connectivity index (χ0n) is 11.2. The summed E-state index contributed by atoms with van der Waals surface area (Å²) in [7, 11) is 1.57. The number of benzene rings is 1. The molecule has 0 saturated carbocycles. The maximum Gasteiger partial charge on any atom is 0.306 e. The van der Waals surface area contributed by atoms with Crippen LogP contribution in [0.25, 0.3) is 0 Å². The molecule has 0 aliphatic rings. The van der Waals surface area contributed by atoms with Gasteiger partial charge in [0.05, 0.1) is 12.5 Å². The van der Waals surface area contributed by atoms with Gasteiger partial charge in [-0.1, -0.05) is 25.1 Å². The van der Waals surface area contributed by atoms with Gasteiger partial charge in [-0.05, 0) is 18.1 Å². The summed E-state index contributed by atoms with van der Waals surface area (Å²) < 4.78 is 5.04. The lowest BCUT2D eigenvalue weighted by Crippen LogP contribution is -2.27. The molecule has 19 heavy (non-hydrogen) atoms. The third kappa shape index (κ3) is 4.71. The molecule has 0 aromatic heterocycles. The molecule has 0 aliphatic heterocycles. The first-order valence-corrected chi connectivity index (χ1v) is 6.14. The number of amides is 1. The number of hydrogen-bond donors (Lipinski definition) is 2. The van der Waals surface area contributed by atoms with Crippen molar-refractivity contribution in [2.45, 2.75) is 20.0 Å². The zero-order chi connectivity index (χ0) is 14.3. The summed E-state index contributed by atoms with van der Waals surface area (Å²) in [6.07, 6.45) is 0.410. The minimum absolute atomic E-state index is 0.203. The Morgan fingerprint density at radius 3 is 2.68 bits per heavy atom. The topological polar surface area (TPSA) is 75.6 Å². The molecule has 0 heterocycles. The number of carboxylic acids is 1. The van der Waals surface area contributed by atoms with Crippen LogP contribution in [0.1, 0.15) is 29.3 Å². The molecule has 0 radical (unpaired) electrons. The first-order chi connectivity index (χ1) is 9.06. The largest absolute Gasteiger partial charge is 0.481 e. The number of carbonyl (C=O) groups excluding carboxylic acids is 1. The average molecular weight is 265 g/mol. The van der Waals surface area contributed by atoms with Crippen LogP contribution in [0, 0.1) is 5.92 Å². The fraction of sp³-hybridized carbons (Fsp3) is 0.429. The van der Waals surface area contributed by atoms with E-state index in [0.29, 0.717) is 25.1 Å². The van der Waals surface area contributed by atoms with E-state index in [1.165, 1.54) is 0 Å². The van der Waals surface area contributed by atoms with Gasteiger partial charge in [-0.25, -0.2) is 0 Å². The van der Waals surface area contributed by atoms with Gasteiger partial charge in [0.25, 0.3) is 5.91 Å². The molecular weight excluding hydrogens is 246 g/mol. The predicted molar refractivity (Wildman–Crippen MR) is 70.9 cm³/mol. The summed E-state index contributed by atoms with van der Waals surface area (Å²) in [5, 5.41) is 11.5. The quantitative estimate of drug-likeness (QED) is 0.786. The molecule has 0 aliphatic carbocycles. The van der Waals surface area contributed by atoms with Gasteiger partial charge in [0.1, 0.15) is 0 Å². The zero-order valence-corrected chi connectivity index (χ0v) is 11.2. The first kappa shape index (κ1) is 15.2. The lowest BCUT2D eigenvalue weighted by atomic mass is 10.1. The van der Waals surface area contributed by atoms with Crippen molar-refractivity contribution in [3.05, 3.63) is 35.4 Å². The van der Waals surface area contributed by atoms with Crippen molar-refractivity contribution in [2.75, 3.05) is 13.7 Å². The minimum Gasteiger partial charge on any atom is -0.481 e. The molecule has 0 bridgehead atoms. The van der Waals surface area contributed by atoms with Gasteiger partial charge in [-0.3, -0.25) is 9.59 Å². The van der Waals surface area contributed by atoms with Crippen LogP contribution in [0.5, 0.6) is 0 Å². The smallest absolute Gasteiger partial charge is 0.306 e. The monoisotopic (exact) mass is 265 g/mol. The summed E-state index contributed by atoms with van der Waals surface area (Å²) in [5.41, 5.74) is 1.38. The van der Waals surface area contributed by atoms with E-state index in [1.54, 1.807) is 26.2 Å². The third-order valence-corrected chi connectivity index (χ3v) is 2.85. The Kier molecular flexibility index (Phi) is 6.02. The number of nitrogens with one attached hydrogen (secondary N) is 1. The molecule has 1 aromatic rings. The lowest BCUT2D eigenvalue weighted by Gasteiger charge is -2.10. The number of ether oxygens (including phenoxy) is 1. The van der Waals surface area contributed by atoms with Gasteiger partial charge in [0.15, 0.2) is 0 Å². The van der Waals surface area contributed by atoms with Crippen molar-refractivity contribution in [3.8, 4) is 0 Å². The Morgan fingerprint density at radius 1 is 1.37 bits per heavy atom. The van der Waals surface area contributed by atoms with Crippen LogP contribution in [0.4, 0.5) is 0 Å². The molecule has 1 rings (SSSR count). The number of aliphatic carboxylic acids is 1. The van der Waals surface area contributed by atoms with Gasteiger partial charge < -0.3 is 15.2 Å². The second-order valence-corrected chi connectivity index (χ2v) is 4.37. The van der Waals surface area contributed by atoms with E-state index in [1.807, 2.05) is 12.1 Å². The molecular formula is C14H19NO4. The van der Waals surface area contributed by atoms with Crippen LogP contribution in [0.2, 0.25) is 0 Å². The number of hydrogen-bond acceptors (Lipinski definition) is 3. The Bertz CT molecular complexity index is 445. The Labute approximate surface area is 112 Å². The second-order valence-electron chi connectivity index (χ2n) is 4.37. The van der Waals surface area contributed by atoms with Gasteiger partial charge in [0.2, 0.25) is 0 Å². The molecule has 0 fully saturated rings. The van der Waals surface area contributed by atoms with Crippen LogP contribution in [-0.2, 0) is 16.1 Å². The molecule has 1 atom stereocenters. The van der Waals surface area contributed by atoms with Crippen LogP contribution >= 0.6 is 0 Å². The van der Waals surface area contributed by atoms with Gasteiger partial charge in [-0.15, -0.1) is 0 Å². The fourth-order valence-corrected chi connectivity index (χ4v) is 1.64. The van der Waals surface area contributed by atoms with Crippen molar-refractivity contribution in [2.24, 2.45) is 5.92 Å². The summed E-state index contributed by atoms with van der Waals surface area (Å²) in [5.74, 6) is -1.52.